The molecule has 0 aliphatic rings. The van der Waals surface area contributed by atoms with Crippen LogP contribution in [-0.2, 0) is 13.1 Å². The quantitative estimate of drug-likeness (QED) is 0.881. The highest BCUT2D eigenvalue weighted by Gasteiger charge is 2.07. The standard InChI is InChI=1S/C16H23N3S/c1-12(2)17-9-15-5-6-16(18-13(15)3)19(4)10-14-7-8-20-11-14/h5-8,11-12,17H,9-10H2,1-4H3. The van der Waals surface area contributed by atoms with E-state index in [0.29, 0.717) is 6.04 Å². The van der Waals surface area contributed by atoms with Gasteiger partial charge in [-0.1, -0.05) is 19.9 Å². The summed E-state index contributed by atoms with van der Waals surface area (Å²) in [6, 6.07) is 6.94. The maximum Gasteiger partial charge on any atom is 0.128 e. The van der Waals surface area contributed by atoms with E-state index in [1.165, 1.54) is 11.1 Å². The lowest BCUT2D eigenvalue weighted by atomic mass is 10.2. The third-order valence-electron chi connectivity index (χ3n) is 3.27. The normalized spacial score (nSPS) is 11.1. The molecule has 1 N–H and O–H groups in total. The first kappa shape index (κ1) is 15.0. The van der Waals surface area contributed by atoms with Gasteiger partial charge in [0.15, 0.2) is 0 Å². The molecular weight excluding hydrogens is 266 g/mol. The lowest BCUT2D eigenvalue weighted by Gasteiger charge is -2.19. The lowest BCUT2D eigenvalue weighted by Crippen LogP contribution is -2.23. The number of pyridine rings is 1. The number of nitrogens with one attached hydrogen (secondary N) is 1. The van der Waals surface area contributed by atoms with Crippen molar-refractivity contribution in [3.63, 3.8) is 0 Å². The van der Waals surface area contributed by atoms with Crippen molar-refractivity contribution in [2.24, 2.45) is 0 Å². The van der Waals surface area contributed by atoms with Crippen LogP contribution in [0.1, 0.15) is 30.7 Å². The average Bonchev–Trinajstić information content (AvgIpc) is 2.89. The van der Waals surface area contributed by atoms with Gasteiger partial charge in [0.1, 0.15) is 5.82 Å². The Morgan fingerprint density at radius 2 is 2.10 bits per heavy atom. The van der Waals surface area contributed by atoms with Gasteiger partial charge in [-0.05, 0) is 40.9 Å². The molecule has 2 aromatic heterocycles. The molecule has 3 nitrogen and oxygen atoms in total. The molecule has 0 unspecified atom stereocenters. The molecule has 2 aromatic rings. The van der Waals surface area contributed by atoms with E-state index in [4.69, 9.17) is 4.98 Å². The molecule has 0 spiro atoms. The molecule has 0 bridgehead atoms. The second-order valence-corrected chi connectivity index (χ2v) is 6.22. The topological polar surface area (TPSA) is 28.2 Å². The Morgan fingerprint density at radius 3 is 2.70 bits per heavy atom. The predicted molar refractivity (Wildman–Crippen MR) is 87.4 cm³/mol. The maximum atomic E-state index is 4.72. The minimum absolute atomic E-state index is 0.496. The van der Waals surface area contributed by atoms with Crippen molar-refractivity contribution in [2.75, 3.05) is 11.9 Å². The number of hydrogen-bond acceptors (Lipinski definition) is 4. The minimum atomic E-state index is 0.496. The lowest BCUT2D eigenvalue weighted by molar-refractivity contribution is 0.586. The second-order valence-electron chi connectivity index (χ2n) is 5.44. The number of aryl methyl sites for hydroxylation is 1. The number of anilines is 1. The fourth-order valence-electron chi connectivity index (χ4n) is 2.03. The van der Waals surface area contributed by atoms with Crippen LogP contribution in [0.15, 0.2) is 29.0 Å². The fourth-order valence-corrected chi connectivity index (χ4v) is 2.69. The summed E-state index contributed by atoms with van der Waals surface area (Å²) >= 11 is 1.74. The summed E-state index contributed by atoms with van der Waals surface area (Å²) in [7, 11) is 2.09. The fraction of sp³-hybridized carbons (Fsp3) is 0.438. The van der Waals surface area contributed by atoms with Gasteiger partial charge in [-0.25, -0.2) is 4.98 Å². The summed E-state index contributed by atoms with van der Waals surface area (Å²) in [6.45, 7) is 8.18. The minimum Gasteiger partial charge on any atom is -0.355 e. The number of nitrogens with zero attached hydrogens (tertiary/aromatic N) is 2. The molecule has 0 aliphatic carbocycles. The molecule has 2 heterocycles. The van der Waals surface area contributed by atoms with Gasteiger partial charge in [0.2, 0.25) is 0 Å². The van der Waals surface area contributed by atoms with E-state index in [1.807, 2.05) is 0 Å². The first-order valence-electron chi connectivity index (χ1n) is 6.98. The molecule has 4 heteroatoms. The summed E-state index contributed by atoms with van der Waals surface area (Å²) in [5.41, 5.74) is 3.71. The Kier molecular flexibility index (Phi) is 5.15. The van der Waals surface area contributed by atoms with Crippen molar-refractivity contribution >= 4 is 17.2 Å². The van der Waals surface area contributed by atoms with E-state index in [9.17, 15) is 0 Å². The summed E-state index contributed by atoms with van der Waals surface area (Å²) in [5.74, 6) is 1.03. The number of rotatable bonds is 6. The molecule has 2 rings (SSSR count). The summed E-state index contributed by atoms with van der Waals surface area (Å²) in [4.78, 5) is 6.91. The Balaban J connectivity index is 2.04. The van der Waals surface area contributed by atoms with Crippen LogP contribution in [-0.4, -0.2) is 18.1 Å². The van der Waals surface area contributed by atoms with Crippen LogP contribution in [0.2, 0.25) is 0 Å². The van der Waals surface area contributed by atoms with Gasteiger partial charge in [0.05, 0.1) is 0 Å². The van der Waals surface area contributed by atoms with Gasteiger partial charge in [0.25, 0.3) is 0 Å². The molecule has 0 aromatic carbocycles. The highest BCUT2D eigenvalue weighted by atomic mass is 32.1. The van der Waals surface area contributed by atoms with Gasteiger partial charge in [-0.2, -0.15) is 11.3 Å². The SMILES string of the molecule is Cc1nc(N(C)Cc2ccsc2)ccc1CNC(C)C. The van der Waals surface area contributed by atoms with E-state index in [0.717, 1.165) is 24.6 Å². The van der Waals surface area contributed by atoms with Crippen molar-refractivity contribution in [2.45, 2.75) is 39.9 Å². The second kappa shape index (κ2) is 6.86. The molecule has 20 heavy (non-hydrogen) atoms. The van der Waals surface area contributed by atoms with Gasteiger partial charge in [-0.15, -0.1) is 0 Å². The van der Waals surface area contributed by atoms with Crippen LogP contribution in [0.25, 0.3) is 0 Å². The van der Waals surface area contributed by atoms with Crippen LogP contribution in [0.4, 0.5) is 5.82 Å². The highest BCUT2D eigenvalue weighted by molar-refractivity contribution is 7.07. The Morgan fingerprint density at radius 1 is 1.30 bits per heavy atom. The molecule has 0 radical (unpaired) electrons. The molecule has 108 valence electrons. The van der Waals surface area contributed by atoms with Crippen LogP contribution in [0.3, 0.4) is 0 Å². The Hall–Kier alpha value is -1.39. The molecule has 0 amide bonds. The van der Waals surface area contributed by atoms with Crippen LogP contribution in [0.5, 0.6) is 0 Å². The van der Waals surface area contributed by atoms with Crippen molar-refractivity contribution in [3.05, 3.63) is 45.8 Å². The van der Waals surface area contributed by atoms with Crippen molar-refractivity contribution in [1.82, 2.24) is 10.3 Å². The summed E-state index contributed by atoms with van der Waals surface area (Å²) in [5, 5.41) is 7.73. The molecule has 0 saturated heterocycles. The summed E-state index contributed by atoms with van der Waals surface area (Å²) < 4.78 is 0. The van der Waals surface area contributed by atoms with Crippen LogP contribution < -0.4 is 10.2 Å². The maximum absolute atomic E-state index is 4.72. The highest BCUT2D eigenvalue weighted by Crippen LogP contribution is 2.17. The third-order valence-corrected chi connectivity index (χ3v) is 4.00. The smallest absolute Gasteiger partial charge is 0.128 e. The van der Waals surface area contributed by atoms with Gasteiger partial charge in [0, 0.05) is 31.9 Å². The first-order valence-corrected chi connectivity index (χ1v) is 7.92. The number of aromatic nitrogens is 1. The average molecular weight is 289 g/mol. The van der Waals surface area contributed by atoms with Gasteiger partial charge >= 0.3 is 0 Å². The molecule has 0 saturated carbocycles. The molecule has 0 atom stereocenters. The first-order chi connectivity index (χ1) is 9.56. The number of thiophene rings is 1. The van der Waals surface area contributed by atoms with Gasteiger partial charge in [-0.3, -0.25) is 0 Å². The van der Waals surface area contributed by atoms with E-state index < -0.39 is 0 Å². The predicted octanol–water partition coefficient (Wildman–Crippen LogP) is 3.59. The number of hydrogen-bond donors (Lipinski definition) is 1. The monoisotopic (exact) mass is 289 g/mol. The van der Waals surface area contributed by atoms with Crippen molar-refractivity contribution in [1.29, 1.82) is 0 Å². The van der Waals surface area contributed by atoms with E-state index in [2.05, 4.69) is 67.0 Å². The molecule has 0 fully saturated rings. The van der Waals surface area contributed by atoms with E-state index in [-0.39, 0.29) is 0 Å². The van der Waals surface area contributed by atoms with Gasteiger partial charge < -0.3 is 10.2 Å². The Bertz CT molecular complexity index is 535. The zero-order chi connectivity index (χ0) is 14.5. The van der Waals surface area contributed by atoms with Crippen molar-refractivity contribution < 1.29 is 0 Å². The zero-order valence-electron chi connectivity index (χ0n) is 12.7. The van der Waals surface area contributed by atoms with E-state index >= 15 is 0 Å². The molecular formula is C16H23N3S. The van der Waals surface area contributed by atoms with Crippen LogP contribution in [0, 0.1) is 6.92 Å². The zero-order valence-corrected chi connectivity index (χ0v) is 13.5. The Labute approximate surface area is 125 Å². The van der Waals surface area contributed by atoms with Crippen molar-refractivity contribution in [3.8, 4) is 0 Å². The van der Waals surface area contributed by atoms with Crippen LogP contribution >= 0.6 is 11.3 Å². The molecule has 0 aliphatic heterocycles. The summed E-state index contributed by atoms with van der Waals surface area (Å²) in [6.07, 6.45) is 0. The van der Waals surface area contributed by atoms with E-state index in [1.54, 1.807) is 11.3 Å². The third kappa shape index (κ3) is 4.05. The largest absolute Gasteiger partial charge is 0.355 e.